The monoisotopic (exact) mass is 381 g/mol. The minimum Gasteiger partial charge on any atom is -0.466 e. The zero-order chi connectivity index (χ0) is 20.8. The van der Waals surface area contributed by atoms with Crippen LogP contribution in [0.2, 0.25) is 0 Å². The van der Waals surface area contributed by atoms with Crippen LogP contribution in [0.5, 0.6) is 0 Å². The van der Waals surface area contributed by atoms with Crippen molar-refractivity contribution in [1.29, 1.82) is 0 Å². The molecule has 0 saturated carbocycles. The Kier molecular flexibility index (Phi) is 8.02. The molecule has 0 radical (unpaired) electrons. The van der Waals surface area contributed by atoms with Gasteiger partial charge >= 0.3 is 5.97 Å². The summed E-state index contributed by atoms with van der Waals surface area (Å²) in [7, 11) is 3.75. The van der Waals surface area contributed by atoms with Crippen LogP contribution in [-0.2, 0) is 14.3 Å². The molecule has 1 heterocycles. The van der Waals surface area contributed by atoms with Crippen LogP contribution in [0.3, 0.4) is 0 Å². The number of amides is 2. The second kappa shape index (κ2) is 9.55. The lowest BCUT2D eigenvalue weighted by Gasteiger charge is -2.26. The van der Waals surface area contributed by atoms with Crippen molar-refractivity contribution in [1.82, 2.24) is 15.1 Å². The van der Waals surface area contributed by atoms with E-state index in [1.165, 1.54) is 4.90 Å². The number of hydrogen-bond donors (Lipinski definition) is 1. The number of carbonyl (C=O) groups excluding carboxylic acids is 3. The van der Waals surface area contributed by atoms with Crippen molar-refractivity contribution in [3.63, 3.8) is 0 Å². The Balaban J connectivity index is 2.70. The van der Waals surface area contributed by atoms with Crippen LogP contribution in [0.25, 0.3) is 0 Å². The number of nitrogens with one attached hydrogen (secondary N) is 1. The van der Waals surface area contributed by atoms with Gasteiger partial charge in [-0.3, -0.25) is 14.4 Å². The van der Waals surface area contributed by atoms with E-state index in [1.807, 2.05) is 19.0 Å². The third kappa shape index (κ3) is 8.25. The van der Waals surface area contributed by atoms with Gasteiger partial charge in [0.2, 0.25) is 5.91 Å². The van der Waals surface area contributed by atoms with Crippen molar-refractivity contribution >= 4 is 17.8 Å². The molecule has 0 atom stereocenters. The van der Waals surface area contributed by atoms with E-state index in [0.29, 0.717) is 30.2 Å². The Morgan fingerprint density at radius 1 is 1.15 bits per heavy atom. The smallest absolute Gasteiger partial charge is 0.326 e. The highest BCUT2D eigenvalue weighted by Gasteiger charge is 2.23. The molecule has 0 aliphatic rings. The van der Waals surface area contributed by atoms with E-state index in [2.05, 4.69) is 5.32 Å². The molecule has 0 unspecified atom stereocenters. The molecule has 1 rings (SSSR count). The van der Waals surface area contributed by atoms with Gasteiger partial charge in [-0.15, -0.1) is 0 Å². The fourth-order valence-corrected chi connectivity index (χ4v) is 2.36. The summed E-state index contributed by atoms with van der Waals surface area (Å²) in [5.74, 6) is -0.101. The Bertz CT molecular complexity index is 673. The first-order chi connectivity index (χ1) is 12.4. The number of carbonyl (C=O) groups is 3. The fourth-order valence-electron chi connectivity index (χ4n) is 2.36. The molecule has 2 amide bonds. The summed E-state index contributed by atoms with van der Waals surface area (Å²) in [4.78, 5) is 40.2. The third-order valence-electron chi connectivity index (χ3n) is 3.60. The van der Waals surface area contributed by atoms with E-state index in [1.54, 1.807) is 40.7 Å². The van der Waals surface area contributed by atoms with Crippen molar-refractivity contribution in [3.05, 3.63) is 23.2 Å². The van der Waals surface area contributed by atoms with Crippen LogP contribution in [0.1, 0.15) is 42.6 Å². The van der Waals surface area contributed by atoms with E-state index in [9.17, 15) is 14.4 Å². The second-order valence-electron chi connectivity index (χ2n) is 7.71. The molecule has 0 aliphatic carbocycles. The molecule has 0 bridgehead atoms. The van der Waals surface area contributed by atoms with Gasteiger partial charge in [0.15, 0.2) is 0 Å². The first kappa shape index (κ1) is 22.7. The number of furan rings is 1. The molecule has 27 heavy (non-hydrogen) atoms. The maximum Gasteiger partial charge on any atom is 0.326 e. The van der Waals surface area contributed by atoms with E-state index < -0.39 is 11.6 Å². The SMILES string of the molecule is Cc1cc(C(=O)NCC(=O)N(CCN(C)C)CC(=O)OC(C)(C)C)c(C)o1. The lowest BCUT2D eigenvalue weighted by atomic mass is 10.2. The molecule has 0 aromatic carbocycles. The summed E-state index contributed by atoms with van der Waals surface area (Å²) in [6, 6.07) is 1.62. The number of rotatable bonds is 8. The first-order valence-corrected chi connectivity index (χ1v) is 8.88. The summed E-state index contributed by atoms with van der Waals surface area (Å²) in [6.45, 7) is 9.31. The van der Waals surface area contributed by atoms with Crippen LogP contribution in [0.15, 0.2) is 10.5 Å². The van der Waals surface area contributed by atoms with Gasteiger partial charge in [-0.1, -0.05) is 0 Å². The van der Waals surface area contributed by atoms with Gasteiger partial charge in [-0.2, -0.15) is 0 Å². The summed E-state index contributed by atoms with van der Waals surface area (Å²) in [5.41, 5.74) is -0.231. The summed E-state index contributed by atoms with van der Waals surface area (Å²) < 4.78 is 10.6. The predicted octanol–water partition coefficient (Wildman–Crippen LogP) is 1.36. The highest BCUT2D eigenvalue weighted by Crippen LogP contribution is 2.13. The zero-order valence-electron chi connectivity index (χ0n) is 17.3. The Labute approximate surface area is 160 Å². The summed E-state index contributed by atoms with van der Waals surface area (Å²) in [6.07, 6.45) is 0. The molecule has 0 fully saturated rings. The largest absolute Gasteiger partial charge is 0.466 e. The fraction of sp³-hybridized carbons (Fsp3) is 0.632. The third-order valence-corrected chi connectivity index (χ3v) is 3.60. The maximum absolute atomic E-state index is 12.5. The van der Waals surface area contributed by atoms with Gasteiger partial charge in [-0.05, 0) is 54.8 Å². The molecule has 1 N–H and O–H groups in total. The number of aryl methyl sites for hydroxylation is 2. The highest BCUT2D eigenvalue weighted by molar-refractivity contribution is 5.97. The van der Waals surface area contributed by atoms with Crippen molar-refractivity contribution in [2.24, 2.45) is 0 Å². The number of esters is 1. The molecular weight excluding hydrogens is 350 g/mol. The lowest BCUT2D eigenvalue weighted by Crippen LogP contribution is -2.46. The highest BCUT2D eigenvalue weighted by atomic mass is 16.6. The molecule has 1 aromatic rings. The number of nitrogens with zero attached hydrogens (tertiary/aromatic N) is 2. The minimum atomic E-state index is -0.627. The standard InChI is InChI=1S/C19H31N3O5/c1-13-10-15(14(2)26-13)18(25)20-11-16(23)22(9-8-21(6)7)12-17(24)27-19(3,4)5/h10H,8-9,11-12H2,1-7H3,(H,20,25). The lowest BCUT2D eigenvalue weighted by molar-refractivity contribution is -0.158. The van der Waals surface area contributed by atoms with Crippen molar-refractivity contribution in [2.45, 2.75) is 40.2 Å². The topological polar surface area (TPSA) is 92.1 Å². The zero-order valence-corrected chi connectivity index (χ0v) is 17.3. The quantitative estimate of drug-likeness (QED) is 0.684. The van der Waals surface area contributed by atoms with Gasteiger partial charge < -0.3 is 24.3 Å². The van der Waals surface area contributed by atoms with Crippen LogP contribution >= 0.6 is 0 Å². The summed E-state index contributed by atoms with van der Waals surface area (Å²) in [5, 5.41) is 2.59. The van der Waals surface area contributed by atoms with Gasteiger partial charge in [0.25, 0.3) is 5.91 Å². The second-order valence-corrected chi connectivity index (χ2v) is 7.71. The Morgan fingerprint density at radius 2 is 1.78 bits per heavy atom. The van der Waals surface area contributed by atoms with Crippen LogP contribution in [-0.4, -0.2) is 73.5 Å². The average Bonchev–Trinajstić information content (AvgIpc) is 2.85. The molecule has 0 aliphatic heterocycles. The maximum atomic E-state index is 12.5. The van der Waals surface area contributed by atoms with E-state index in [-0.39, 0.29) is 24.9 Å². The molecule has 8 heteroatoms. The molecule has 8 nitrogen and oxygen atoms in total. The predicted molar refractivity (Wildman–Crippen MR) is 101 cm³/mol. The van der Waals surface area contributed by atoms with Crippen molar-refractivity contribution in [2.75, 3.05) is 40.3 Å². The first-order valence-electron chi connectivity index (χ1n) is 8.88. The van der Waals surface area contributed by atoms with E-state index >= 15 is 0 Å². The number of ether oxygens (including phenoxy) is 1. The van der Waals surface area contributed by atoms with Crippen LogP contribution < -0.4 is 5.32 Å². The van der Waals surface area contributed by atoms with Gasteiger partial charge in [0.1, 0.15) is 23.7 Å². The molecule has 0 saturated heterocycles. The van der Waals surface area contributed by atoms with Crippen molar-refractivity contribution in [3.8, 4) is 0 Å². The number of likely N-dealkylation sites (N-methyl/N-ethyl adjacent to an activating group) is 1. The Morgan fingerprint density at radius 3 is 2.26 bits per heavy atom. The average molecular weight is 381 g/mol. The van der Waals surface area contributed by atoms with Crippen molar-refractivity contribution < 1.29 is 23.5 Å². The van der Waals surface area contributed by atoms with Crippen LogP contribution in [0.4, 0.5) is 0 Å². The molecule has 0 spiro atoms. The molecular formula is C19H31N3O5. The Hall–Kier alpha value is -2.35. The summed E-state index contributed by atoms with van der Waals surface area (Å²) >= 11 is 0. The van der Waals surface area contributed by atoms with Crippen LogP contribution in [0, 0.1) is 13.8 Å². The minimum absolute atomic E-state index is 0.163. The van der Waals surface area contributed by atoms with E-state index in [0.717, 1.165) is 0 Å². The van der Waals surface area contributed by atoms with E-state index in [4.69, 9.17) is 9.15 Å². The van der Waals surface area contributed by atoms with Gasteiger partial charge in [0, 0.05) is 13.1 Å². The number of hydrogen-bond acceptors (Lipinski definition) is 6. The molecule has 152 valence electrons. The van der Waals surface area contributed by atoms with Gasteiger partial charge in [-0.25, -0.2) is 0 Å². The molecule has 1 aromatic heterocycles. The van der Waals surface area contributed by atoms with Gasteiger partial charge in [0.05, 0.1) is 12.1 Å². The normalized spacial score (nSPS) is 11.4.